The van der Waals surface area contributed by atoms with Crippen LogP contribution in [0.2, 0.25) is 0 Å². The monoisotopic (exact) mass is 351 g/mol. The average Bonchev–Trinajstić information content (AvgIpc) is 3.21. The van der Waals surface area contributed by atoms with Gasteiger partial charge in [0.05, 0.1) is 10.9 Å². The Morgan fingerprint density at radius 2 is 1.65 bits per heavy atom. The Balaban J connectivity index is 1.84. The summed E-state index contributed by atoms with van der Waals surface area (Å²) >= 11 is 3.38. The van der Waals surface area contributed by atoms with Crippen LogP contribution in [0.15, 0.2) is 57.9 Å². The molecule has 1 unspecified atom stereocenters. The highest BCUT2D eigenvalue weighted by molar-refractivity contribution is 9.10. The van der Waals surface area contributed by atoms with Crippen molar-refractivity contribution >= 4 is 26.0 Å². The molecule has 1 saturated heterocycles. The fourth-order valence-corrected chi connectivity index (χ4v) is 4.00. The van der Waals surface area contributed by atoms with E-state index in [0.717, 1.165) is 15.6 Å². The number of aryl methyl sites for hydroxylation is 1. The molecule has 104 valence electrons. The second-order valence-electron chi connectivity index (χ2n) is 4.96. The van der Waals surface area contributed by atoms with E-state index < -0.39 is 10.0 Å². The standard InChI is InChI=1S/C15H14BrNO2S/c1-11-2-8-14(9-3-11)20(18,19)17-10-15(17)12-4-6-13(16)7-5-12/h2-9,15H,10H2,1H3/t15-,17?/m0/s1. The van der Waals surface area contributed by atoms with E-state index in [9.17, 15) is 8.42 Å². The van der Waals surface area contributed by atoms with Gasteiger partial charge in [-0.3, -0.25) is 0 Å². The van der Waals surface area contributed by atoms with E-state index in [-0.39, 0.29) is 6.04 Å². The lowest BCUT2D eigenvalue weighted by Gasteiger charge is -2.07. The molecule has 1 aliphatic rings. The fraction of sp³-hybridized carbons (Fsp3) is 0.200. The summed E-state index contributed by atoms with van der Waals surface area (Å²) in [6.07, 6.45) is 0. The van der Waals surface area contributed by atoms with Crippen molar-refractivity contribution in [1.29, 1.82) is 0 Å². The summed E-state index contributed by atoms with van der Waals surface area (Å²) in [7, 11) is -3.37. The zero-order chi connectivity index (χ0) is 14.3. The minimum atomic E-state index is -3.37. The molecule has 1 aliphatic heterocycles. The number of hydrogen-bond donors (Lipinski definition) is 0. The largest absolute Gasteiger partial charge is 0.243 e. The third kappa shape index (κ3) is 2.53. The third-order valence-corrected chi connectivity index (χ3v) is 5.87. The van der Waals surface area contributed by atoms with Gasteiger partial charge in [-0.05, 0) is 36.8 Å². The van der Waals surface area contributed by atoms with E-state index in [0.29, 0.717) is 11.4 Å². The summed E-state index contributed by atoms with van der Waals surface area (Å²) in [6.45, 7) is 2.50. The molecule has 2 aromatic rings. The Bertz CT molecular complexity index is 723. The first-order valence-corrected chi connectivity index (χ1v) is 8.56. The van der Waals surface area contributed by atoms with E-state index in [2.05, 4.69) is 15.9 Å². The van der Waals surface area contributed by atoms with Crippen molar-refractivity contribution in [3.05, 3.63) is 64.1 Å². The average molecular weight is 352 g/mol. The van der Waals surface area contributed by atoms with Gasteiger partial charge in [0.1, 0.15) is 0 Å². The van der Waals surface area contributed by atoms with Gasteiger partial charge in [0.15, 0.2) is 0 Å². The second-order valence-corrected chi connectivity index (χ2v) is 7.76. The Hall–Kier alpha value is -1.17. The number of sulfonamides is 1. The zero-order valence-electron chi connectivity index (χ0n) is 11.0. The van der Waals surface area contributed by atoms with Crippen LogP contribution in [0, 0.1) is 6.92 Å². The first-order valence-electron chi connectivity index (χ1n) is 6.32. The maximum Gasteiger partial charge on any atom is 0.243 e. The van der Waals surface area contributed by atoms with Gasteiger partial charge >= 0.3 is 0 Å². The van der Waals surface area contributed by atoms with Crippen LogP contribution in [0.4, 0.5) is 0 Å². The van der Waals surface area contributed by atoms with Gasteiger partial charge in [-0.15, -0.1) is 0 Å². The van der Waals surface area contributed by atoms with Crippen LogP contribution in [0.1, 0.15) is 17.2 Å². The molecule has 0 bridgehead atoms. The highest BCUT2D eigenvalue weighted by atomic mass is 79.9. The smallest absolute Gasteiger partial charge is 0.207 e. The number of rotatable bonds is 3. The Labute approximate surface area is 127 Å². The van der Waals surface area contributed by atoms with Crippen molar-refractivity contribution in [3.8, 4) is 0 Å². The highest BCUT2D eigenvalue weighted by Crippen LogP contribution is 2.40. The minimum Gasteiger partial charge on any atom is -0.207 e. The number of halogens is 1. The molecule has 1 heterocycles. The van der Waals surface area contributed by atoms with Gasteiger partial charge in [-0.2, -0.15) is 4.31 Å². The topological polar surface area (TPSA) is 37.1 Å². The van der Waals surface area contributed by atoms with Crippen molar-refractivity contribution in [2.45, 2.75) is 17.9 Å². The van der Waals surface area contributed by atoms with Gasteiger partial charge in [-0.1, -0.05) is 45.8 Å². The Morgan fingerprint density at radius 3 is 2.25 bits per heavy atom. The van der Waals surface area contributed by atoms with Gasteiger partial charge in [0.25, 0.3) is 0 Å². The second kappa shape index (κ2) is 4.98. The molecule has 3 rings (SSSR count). The van der Waals surface area contributed by atoms with Crippen LogP contribution in [-0.2, 0) is 10.0 Å². The molecule has 0 amide bonds. The maximum absolute atomic E-state index is 12.5. The molecular formula is C15H14BrNO2S. The lowest BCUT2D eigenvalue weighted by molar-refractivity contribution is 0.554. The molecule has 0 saturated carbocycles. The number of nitrogens with zero attached hydrogens (tertiary/aromatic N) is 1. The van der Waals surface area contributed by atoms with Crippen molar-refractivity contribution < 1.29 is 8.42 Å². The number of hydrogen-bond acceptors (Lipinski definition) is 2. The summed E-state index contributed by atoms with van der Waals surface area (Å²) in [6, 6.07) is 14.7. The molecule has 1 fully saturated rings. The van der Waals surface area contributed by atoms with Crippen molar-refractivity contribution in [2.24, 2.45) is 0 Å². The SMILES string of the molecule is Cc1ccc(S(=O)(=O)N2C[C@H]2c2ccc(Br)cc2)cc1. The van der Waals surface area contributed by atoms with E-state index in [1.807, 2.05) is 43.3 Å². The molecule has 20 heavy (non-hydrogen) atoms. The Morgan fingerprint density at radius 1 is 1.05 bits per heavy atom. The molecule has 0 spiro atoms. The van der Waals surface area contributed by atoms with Crippen molar-refractivity contribution in [2.75, 3.05) is 6.54 Å². The molecule has 2 aromatic carbocycles. The summed E-state index contributed by atoms with van der Waals surface area (Å²) in [5.41, 5.74) is 2.09. The highest BCUT2D eigenvalue weighted by Gasteiger charge is 2.45. The Kier molecular flexibility index (Phi) is 3.44. The van der Waals surface area contributed by atoms with E-state index in [1.165, 1.54) is 4.31 Å². The van der Waals surface area contributed by atoms with E-state index in [1.54, 1.807) is 12.1 Å². The lowest BCUT2D eigenvalue weighted by Crippen LogP contribution is -2.12. The van der Waals surface area contributed by atoms with Crippen LogP contribution in [0.5, 0.6) is 0 Å². The quantitative estimate of drug-likeness (QED) is 0.793. The molecule has 0 aromatic heterocycles. The van der Waals surface area contributed by atoms with Crippen LogP contribution in [-0.4, -0.2) is 19.3 Å². The van der Waals surface area contributed by atoms with Gasteiger partial charge in [0.2, 0.25) is 10.0 Å². The molecule has 0 N–H and O–H groups in total. The molecule has 0 radical (unpaired) electrons. The fourth-order valence-electron chi connectivity index (χ4n) is 2.19. The molecule has 0 aliphatic carbocycles. The lowest BCUT2D eigenvalue weighted by atomic mass is 10.2. The number of benzene rings is 2. The maximum atomic E-state index is 12.5. The van der Waals surface area contributed by atoms with Crippen LogP contribution < -0.4 is 0 Å². The molecule has 5 heteroatoms. The molecule has 2 atom stereocenters. The predicted molar refractivity (Wildman–Crippen MR) is 82.0 cm³/mol. The predicted octanol–water partition coefficient (Wildman–Crippen LogP) is 3.50. The van der Waals surface area contributed by atoms with Gasteiger partial charge < -0.3 is 0 Å². The third-order valence-electron chi connectivity index (χ3n) is 3.45. The first-order chi connectivity index (χ1) is 9.48. The van der Waals surface area contributed by atoms with Crippen molar-refractivity contribution in [1.82, 2.24) is 4.31 Å². The van der Waals surface area contributed by atoms with Gasteiger partial charge in [0, 0.05) is 11.0 Å². The van der Waals surface area contributed by atoms with Crippen LogP contribution >= 0.6 is 15.9 Å². The summed E-state index contributed by atoms with van der Waals surface area (Å²) < 4.78 is 27.5. The van der Waals surface area contributed by atoms with Crippen molar-refractivity contribution in [3.63, 3.8) is 0 Å². The minimum absolute atomic E-state index is 0.0330. The van der Waals surface area contributed by atoms with Gasteiger partial charge in [-0.25, -0.2) is 8.42 Å². The molecule has 3 nitrogen and oxygen atoms in total. The van der Waals surface area contributed by atoms with Crippen LogP contribution in [0.3, 0.4) is 0 Å². The van der Waals surface area contributed by atoms with E-state index in [4.69, 9.17) is 0 Å². The first kappa shape index (κ1) is 13.8. The summed E-state index contributed by atoms with van der Waals surface area (Å²) in [5, 5.41) is 0. The normalized spacial score (nSPS) is 21.7. The molecular weight excluding hydrogens is 338 g/mol. The van der Waals surface area contributed by atoms with E-state index >= 15 is 0 Å². The summed E-state index contributed by atoms with van der Waals surface area (Å²) in [5.74, 6) is 0. The zero-order valence-corrected chi connectivity index (χ0v) is 13.4. The van der Waals surface area contributed by atoms with Crippen LogP contribution in [0.25, 0.3) is 0 Å². The summed E-state index contributed by atoms with van der Waals surface area (Å²) in [4.78, 5) is 0.364.